The number of nitrogens with one attached hydrogen (secondary N) is 2. The molecule has 154 valence electrons. The van der Waals surface area contributed by atoms with Crippen molar-refractivity contribution in [2.75, 3.05) is 13.1 Å². The van der Waals surface area contributed by atoms with Gasteiger partial charge in [0.1, 0.15) is 0 Å². The van der Waals surface area contributed by atoms with Gasteiger partial charge in [-0.2, -0.15) is 0 Å². The van der Waals surface area contributed by atoms with Gasteiger partial charge in [-0.25, -0.2) is 4.98 Å². The third-order valence-corrected chi connectivity index (χ3v) is 5.57. The second-order valence-electron chi connectivity index (χ2n) is 7.29. The minimum atomic E-state index is -0.724. The van der Waals surface area contributed by atoms with Crippen molar-refractivity contribution in [3.8, 4) is 0 Å². The molecule has 1 amide bonds. The van der Waals surface area contributed by atoms with E-state index in [9.17, 15) is 9.59 Å². The van der Waals surface area contributed by atoms with Crippen molar-refractivity contribution in [1.29, 1.82) is 0 Å². The van der Waals surface area contributed by atoms with Crippen LogP contribution in [0.3, 0.4) is 0 Å². The third-order valence-electron chi connectivity index (χ3n) is 5.57. The Balaban J connectivity index is 0.00000182. The van der Waals surface area contributed by atoms with E-state index in [1.165, 1.54) is 12.8 Å². The molecular formula is C18H30Cl2N4O3. The Morgan fingerprint density at radius 2 is 1.81 bits per heavy atom. The number of aliphatic carboxylic acids is 1. The molecule has 2 heterocycles. The Kier molecular flexibility index (Phi) is 10.1. The van der Waals surface area contributed by atoms with Crippen molar-refractivity contribution in [3.05, 3.63) is 18.2 Å². The number of piperidine rings is 1. The van der Waals surface area contributed by atoms with E-state index >= 15 is 0 Å². The Labute approximate surface area is 172 Å². The molecule has 0 aromatic carbocycles. The van der Waals surface area contributed by atoms with E-state index < -0.39 is 5.97 Å². The van der Waals surface area contributed by atoms with Gasteiger partial charge in [0.25, 0.3) is 5.91 Å². The molecule has 2 aliphatic rings. The predicted octanol–water partition coefficient (Wildman–Crippen LogP) is 2.49. The van der Waals surface area contributed by atoms with Crippen LogP contribution in [0.15, 0.2) is 12.4 Å². The van der Waals surface area contributed by atoms with Crippen molar-refractivity contribution < 1.29 is 14.7 Å². The molecule has 0 bridgehead atoms. The molecule has 0 spiro atoms. The lowest BCUT2D eigenvalue weighted by atomic mass is 9.86. The molecule has 0 atom stereocenters. The number of hydrogen-bond donors (Lipinski definition) is 3. The van der Waals surface area contributed by atoms with Gasteiger partial charge in [-0.05, 0) is 64.0 Å². The Morgan fingerprint density at radius 1 is 1.15 bits per heavy atom. The molecular weight excluding hydrogens is 391 g/mol. The van der Waals surface area contributed by atoms with Crippen LogP contribution in [0, 0.1) is 11.8 Å². The van der Waals surface area contributed by atoms with Gasteiger partial charge in [-0.3, -0.25) is 9.59 Å². The lowest BCUT2D eigenvalue weighted by Crippen LogP contribution is -2.39. The third kappa shape index (κ3) is 6.66. The van der Waals surface area contributed by atoms with Crippen LogP contribution in [0.5, 0.6) is 0 Å². The number of halogens is 2. The average Bonchev–Trinajstić information content (AvgIpc) is 3.10. The first-order valence-electron chi connectivity index (χ1n) is 9.39. The number of aryl methyl sites for hydroxylation is 1. The highest BCUT2D eigenvalue weighted by atomic mass is 35.5. The normalized spacial score (nSPS) is 23.0. The highest BCUT2D eigenvalue weighted by Gasteiger charge is 2.27. The molecule has 1 aliphatic carbocycles. The number of nitrogens with zero attached hydrogens (tertiary/aromatic N) is 2. The zero-order chi connectivity index (χ0) is 17.6. The van der Waals surface area contributed by atoms with E-state index in [0.717, 1.165) is 38.9 Å². The van der Waals surface area contributed by atoms with Crippen LogP contribution in [0.2, 0.25) is 0 Å². The number of carboxylic acid groups (broad SMARTS) is 1. The zero-order valence-corrected chi connectivity index (χ0v) is 17.1. The summed E-state index contributed by atoms with van der Waals surface area (Å²) in [6, 6.07) is 0.0534. The molecule has 1 aromatic heterocycles. The number of aromatic nitrogens is 2. The number of imidazole rings is 1. The van der Waals surface area contributed by atoms with Gasteiger partial charge in [-0.1, -0.05) is 0 Å². The fourth-order valence-electron chi connectivity index (χ4n) is 3.93. The van der Waals surface area contributed by atoms with E-state index in [0.29, 0.717) is 24.6 Å². The van der Waals surface area contributed by atoms with Crippen molar-refractivity contribution in [2.24, 2.45) is 11.8 Å². The summed E-state index contributed by atoms with van der Waals surface area (Å²) >= 11 is 0. The van der Waals surface area contributed by atoms with E-state index in [1.807, 2.05) is 10.8 Å². The van der Waals surface area contributed by atoms with Crippen LogP contribution in [0.4, 0.5) is 0 Å². The van der Waals surface area contributed by atoms with Crippen molar-refractivity contribution in [2.45, 2.75) is 57.5 Å². The number of hydrogen-bond acceptors (Lipinski definition) is 4. The summed E-state index contributed by atoms with van der Waals surface area (Å²) in [6.45, 7) is 2.99. The van der Waals surface area contributed by atoms with Gasteiger partial charge >= 0.3 is 5.97 Å². The average molecular weight is 421 g/mol. The monoisotopic (exact) mass is 420 g/mol. The maximum Gasteiger partial charge on any atom is 0.306 e. The fraction of sp³-hybridized carbons (Fsp3) is 0.722. The summed E-state index contributed by atoms with van der Waals surface area (Å²) in [5.74, 6) is 0.0487. The first-order chi connectivity index (χ1) is 12.1. The number of carbonyl (C=O) groups excluding carboxylic acids is 1. The summed E-state index contributed by atoms with van der Waals surface area (Å²) in [5, 5.41) is 15.5. The topological polar surface area (TPSA) is 96.2 Å². The van der Waals surface area contributed by atoms with E-state index in [4.69, 9.17) is 5.11 Å². The van der Waals surface area contributed by atoms with Crippen LogP contribution in [0.25, 0.3) is 0 Å². The van der Waals surface area contributed by atoms with Crippen LogP contribution in [0.1, 0.15) is 55.6 Å². The Bertz CT molecular complexity index is 597. The number of rotatable bonds is 6. The Morgan fingerprint density at radius 3 is 2.44 bits per heavy atom. The molecule has 1 aliphatic heterocycles. The number of carbonyl (C=O) groups is 2. The molecule has 1 saturated heterocycles. The minimum Gasteiger partial charge on any atom is -0.481 e. The summed E-state index contributed by atoms with van der Waals surface area (Å²) in [7, 11) is 0. The maximum atomic E-state index is 12.5. The fourth-order valence-corrected chi connectivity index (χ4v) is 3.93. The predicted molar refractivity (Wildman–Crippen MR) is 108 cm³/mol. The summed E-state index contributed by atoms with van der Waals surface area (Å²) in [6.07, 6.45) is 9.72. The highest BCUT2D eigenvalue weighted by molar-refractivity contribution is 5.91. The zero-order valence-electron chi connectivity index (χ0n) is 15.4. The lowest BCUT2D eigenvalue weighted by molar-refractivity contribution is -0.142. The number of carboxylic acids is 1. The van der Waals surface area contributed by atoms with E-state index in [-0.39, 0.29) is 42.7 Å². The molecule has 3 rings (SSSR count). The second-order valence-corrected chi connectivity index (χ2v) is 7.29. The van der Waals surface area contributed by atoms with Crippen molar-refractivity contribution in [3.63, 3.8) is 0 Å². The molecule has 0 unspecified atom stereocenters. The maximum absolute atomic E-state index is 12.5. The summed E-state index contributed by atoms with van der Waals surface area (Å²) < 4.78 is 1.94. The standard InChI is InChI=1S/C18H28N4O3.2ClH/c23-17(21-15-3-1-14(2-4-15)18(24)25)16-20-10-12-22(16)11-7-13-5-8-19-9-6-13;;/h10,12-15,19H,1-9,11H2,(H,21,23)(H,24,25);2*1H. The SMILES string of the molecule is Cl.Cl.O=C(NC1CCC(C(=O)O)CC1)c1nccn1CCC1CCNCC1. The van der Waals surface area contributed by atoms with Gasteiger partial charge in [-0.15, -0.1) is 24.8 Å². The van der Waals surface area contributed by atoms with Crippen LogP contribution in [-0.4, -0.2) is 45.7 Å². The first kappa shape index (κ1) is 23.7. The van der Waals surface area contributed by atoms with E-state index in [2.05, 4.69) is 15.6 Å². The molecule has 27 heavy (non-hydrogen) atoms. The molecule has 0 radical (unpaired) electrons. The first-order valence-corrected chi connectivity index (χ1v) is 9.39. The summed E-state index contributed by atoms with van der Waals surface area (Å²) in [4.78, 5) is 27.8. The van der Waals surface area contributed by atoms with Crippen LogP contribution >= 0.6 is 24.8 Å². The van der Waals surface area contributed by atoms with Crippen molar-refractivity contribution >= 4 is 36.7 Å². The van der Waals surface area contributed by atoms with Crippen LogP contribution < -0.4 is 10.6 Å². The lowest BCUT2D eigenvalue weighted by Gasteiger charge is -2.27. The second kappa shape index (κ2) is 11.5. The van der Waals surface area contributed by atoms with Gasteiger partial charge in [0.2, 0.25) is 0 Å². The summed E-state index contributed by atoms with van der Waals surface area (Å²) in [5.41, 5.74) is 0. The largest absolute Gasteiger partial charge is 0.481 e. The quantitative estimate of drug-likeness (QED) is 0.656. The molecule has 3 N–H and O–H groups in total. The highest BCUT2D eigenvalue weighted by Crippen LogP contribution is 2.24. The van der Waals surface area contributed by atoms with Gasteiger partial charge < -0.3 is 20.3 Å². The van der Waals surface area contributed by atoms with Crippen molar-refractivity contribution in [1.82, 2.24) is 20.2 Å². The molecule has 1 aromatic rings. The molecule has 2 fully saturated rings. The van der Waals surface area contributed by atoms with Gasteiger partial charge in [0.05, 0.1) is 5.92 Å². The number of amides is 1. The van der Waals surface area contributed by atoms with E-state index in [1.54, 1.807) is 6.20 Å². The molecule has 9 heteroatoms. The minimum absolute atomic E-state index is 0. The molecule has 7 nitrogen and oxygen atoms in total. The van der Waals surface area contributed by atoms with Gasteiger partial charge in [0.15, 0.2) is 5.82 Å². The molecule has 1 saturated carbocycles. The van der Waals surface area contributed by atoms with Gasteiger partial charge in [0, 0.05) is 25.0 Å². The Hall–Kier alpha value is -1.31. The van der Waals surface area contributed by atoms with Crippen LogP contribution in [-0.2, 0) is 11.3 Å². The smallest absolute Gasteiger partial charge is 0.306 e.